The quantitative estimate of drug-likeness (QED) is 0.439. The maximum absolute atomic E-state index is 13.1. The molecule has 0 aliphatic carbocycles. The van der Waals surface area contributed by atoms with Gasteiger partial charge in [-0.3, -0.25) is 9.10 Å². The molecule has 0 radical (unpaired) electrons. The van der Waals surface area contributed by atoms with Crippen molar-refractivity contribution in [3.63, 3.8) is 0 Å². The lowest BCUT2D eigenvalue weighted by Crippen LogP contribution is -2.26. The van der Waals surface area contributed by atoms with Gasteiger partial charge in [0, 0.05) is 25.1 Å². The van der Waals surface area contributed by atoms with Crippen LogP contribution in [0.4, 0.5) is 11.4 Å². The molecular formula is C24H23N3O3S. The lowest BCUT2D eigenvalue weighted by Gasteiger charge is -2.20. The van der Waals surface area contributed by atoms with Crippen LogP contribution >= 0.6 is 0 Å². The van der Waals surface area contributed by atoms with Gasteiger partial charge in [0.05, 0.1) is 17.2 Å². The fourth-order valence-electron chi connectivity index (χ4n) is 3.09. The molecule has 0 amide bonds. The third kappa shape index (κ3) is 5.00. The van der Waals surface area contributed by atoms with Gasteiger partial charge in [0.1, 0.15) is 0 Å². The van der Waals surface area contributed by atoms with Crippen molar-refractivity contribution in [3.8, 4) is 0 Å². The third-order valence-electron chi connectivity index (χ3n) is 5.03. The number of hydrogen-bond acceptors (Lipinski definition) is 4. The van der Waals surface area contributed by atoms with Gasteiger partial charge < -0.3 is 5.73 Å². The zero-order chi connectivity index (χ0) is 22.6. The summed E-state index contributed by atoms with van der Waals surface area (Å²) in [4.78, 5) is 16.1. The van der Waals surface area contributed by atoms with E-state index < -0.39 is 10.0 Å². The fraction of sp³-hybridized carbons (Fsp3) is 0.167. The van der Waals surface area contributed by atoms with E-state index >= 15 is 0 Å². The van der Waals surface area contributed by atoms with E-state index in [0.717, 1.165) is 11.1 Å². The van der Waals surface area contributed by atoms with Gasteiger partial charge in [0.15, 0.2) is 11.5 Å². The first-order valence-corrected chi connectivity index (χ1v) is 11.1. The Balaban J connectivity index is 1.83. The number of rotatable bonds is 7. The molecule has 0 saturated carbocycles. The number of nitrogens with zero attached hydrogens (tertiary/aromatic N) is 2. The number of ketones is 1. The van der Waals surface area contributed by atoms with Crippen molar-refractivity contribution in [2.45, 2.75) is 24.3 Å². The summed E-state index contributed by atoms with van der Waals surface area (Å²) in [6, 6.07) is 19.7. The summed E-state index contributed by atoms with van der Waals surface area (Å²) in [6.45, 7) is 8.85. The number of nitrogens with two attached hydrogens (primary N) is 1. The highest BCUT2D eigenvalue weighted by atomic mass is 32.2. The Morgan fingerprint density at radius 3 is 2.29 bits per heavy atom. The van der Waals surface area contributed by atoms with E-state index in [0.29, 0.717) is 16.9 Å². The van der Waals surface area contributed by atoms with Crippen LogP contribution < -0.4 is 10.0 Å². The van der Waals surface area contributed by atoms with Crippen LogP contribution in [0.25, 0.3) is 4.85 Å². The second-order valence-electron chi connectivity index (χ2n) is 7.26. The van der Waals surface area contributed by atoms with Crippen LogP contribution in [0, 0.1) is 6.57 Å². The normalized spacial score (nSPS) is 12.1. The number of carbonyl (C=O) groups is 1. The molecule has 0 aromatic heterocycles. The topological polar surface area (TPSA) is 84.8 Å². The molecule has 7 heteroatoms. The predicted octanol–water partition coefficient (Wildman–Crippen LogP) is 4.51. The second-order valence-corrected chi connectivity index (χ2v) is 9.23. The van der Waals surface area contributed by atoms with Gasteiger partial charge in [0.2, 0.25) is 0 Å². The Morgan fingerprint density at radius 2 is 1.71 bits per heavy atom. The molecule has 3 aromatic carbocycles. The molecule has 6 nitrogen and oxygen atoms in total. The first kappa shape index (κ1) is 22.2. The molecular weight excluding hydrogens is 410 g/mol. The highest BCUT2D eigenvalue weighted by molar-refractivity contribution is 7.92. The van der Waals surface area contributed by atoms with Gasteiger partial charge in [-0.1, -0.05) is 48.5 Å². The van der Waals surface area contributed by atoms with Gasteiger partial charge in [0.25, 0.3) is 10.0 Å². The number of hydrogen-bond donors (Lipinski definition) is 1. The van der Waals surface area contributed by atoms with Crippen molar-refractivity contribution < 1.29 is 13.2 Å². The van der Waals surface area contributed by atoms with E-state index in [4.69, 9.17) is 12.3 Å². The van der Waals surface area contributed by atoms with E-state index in [1.807, 2.05) is 6.92 Å². The summed E-state index contributed by atoms with van der Waals surface area (Å²) >= 11 is 0. The molecule has 0 aliphatic heterocycles. The molecule has 0 aliphatic rings. The Labute approximate surface area is 182 Å². The summed E-state index contributed by atoms with van der Waals surface area (Å²) in [5.74, 6) is -0.198. The molecule has 0 fully saturated rings. The average Bonchev–Trinajstić information content (AvgIpc) is 2.79. The van der Waals surface area contributed by atoms with Gasteiger partial charge in [-0.2, -0.15) is 0 Å². The number of carbonyl (C=O) groups excluding carboxylic acids is 1. The Morgan fingerprint density at radius 1 is 1.06 bits per heavy atom. The lowest BCUT2D eigenvalue weighted by atomic mass is 10.0. The monoisotopic (exact) mass is 433 g/mol. The number of benzene rings is 3. The summed E-state index contributed by atoms with van der Waals surface area (Å²) in [5.41, 5.74) is 8.84. The minimum Gasteiger partial charge on any atom is -0.324 e. The Kier molecular flexibility index (Phi) is 6.54. The van der Waals surface area contributed by atoms with Crippen LogP contribution in [0.5, 0.6) is 0 Å². The molecule has 0 heterocycles. The smallest absolute Gasteiger partial charge is 0.264 e. The molecule has 31 heavy (non-hydrogen) atoms. The summed E-state index contributed by atoms with van der Waals surface area (Å²) in [7, 11) is -2.37. The minimum absolute atomic E-state index is 0.0421. The standard InChI is InChI=1S/C24H23N3O3S/c1-17(25)19-9-13-22(14-10-19)27(3)31(29,30)23-6-4-5-20(16-23)24(28)15-18-7-11-21(26-2)12-8-18/h4-14,16-17H,15,25H2,1,3H3/t17-/m0/s1. The first-order chi connectivity index (χ1) is 14.7. The van der Waals surface area contributed by atoms with Crippen LogP contribution in [0.3, 0.4) is 0 Å². The van der Waals surface area contributed by atoms with Crippen molar-refractivity contribution in [1.29, 1.82) is 0 Å². The van der Waals surface area contributed by atoms with Crippen LogP contribution in [0.2, 0.25) is 0 Å². The SMILES string of the molecule is [C-]#[N+]c1ccc(CC(=O)c2cccc(S(=O)(=O)N(C)c3ccc([C@H](C)N)cc3)c2)cc1. The molecule has 158 valence electrons. The van der Waals surface area contributed by atoms with Crippen molar-refractivity contribution in [3.05, 3.63) is 101 Å². The summed E-state index contributed by atoms with van der Waals surface area (Å²) in [6.07, 6.45) is 0.121. The second kappa shape index (κ2) is 9.13. The maximum Gasteiger partial charge on any atom is 0.264 e. The van der Waals surface area contributed by atoms with Gasteiger partial charge in [-0.25, -0.2) is 13.3 Å². The van der Waals surface area contributed by atoms with E-state index in [-0.39, 0.29) is 23.1 Å². The van der Waals surface area contributed by atoms with E-state index in [1.54, 1.807) is 60.7 Å². The van der Waals surface area contributed by atoms with Crippen LogP contribution in [-0.4, -0.2) is 21.2 Å². The molecule has 0 spiro atoms. The highest BCUT2D eigenvalue weighted by Crippen LogP contribution is 2.24. The molecule has 0 unspecified atom stereocenters. The molecule has 0 saturated heterocycles. The highest BCUT2D eigenvalue weighted by Gasteiger charge is 2.22. The Hall–Kier alpha value is -3.47. The van der Waals surface area contributed by atoms with Crippen molar-refractivity contribution in [2.24, 2.45) is 5.73 Å². The van der Waals surface area contributed by atoms with Gasteiger partial charge >= 0.3 is 0 Å². The third-order valence-corrected chi connectivity index (χ3v) is 6.81. The van der Waals surface area contributed by atoms with Crippen molar-refractivity contribution >= 4 is 27.2 Å². The molecule has 3 aromatic rings. The number of sulfonamides is 1. The van der Waals surface area contributed by atoms with E-state index in [2.05, 4.69) is 4.85 Å². The maximum atomic E-state index is 13.1. The molecule has 0 bridgehead atoms. The predicted molar refractivity (Wildman–Crippen MR) is 122 cm³/mol. The van der Waals surface area contributed by atoms with Crippen LogP contribution in [-0.2, 0) is 16.4 Å². The molecule has 3 rings (SSSR count). The van der Waals surface area contributed by atoms with Crippen LogP contribution in [0.15, 0.2) is 77.7 Å². The number of anilines is 1. The number of Topliss-reactive ketones (excluding diaryl/α,β-unsaturated/α-hetero) is 1. The Bertz CT molecular complexity index is 1230. The minimum atomic E-state index is -3.85. The van der Waals surface area contributed by atoms with Crippen molar-refractivity contribution in [1.82, 2.24) is 0 Å². The first-order valence-electron chi connectivity index (χ1n) is 9.66. The lowest BCUT2D eigenvalue weighted by molar-refractivity contribution is 0.0992. The van der Waals surface area contributed by atoms with Gasteiger partial charge in [-0.15, -0.1) is 0 Å². The largest absolute Gasteiger partial charge is 0.324 e. The van der Waals surface area contributed by atoms with Crippen molar-refractivity contribution in [2.75, 3.05) is 11.4 Å². The summed E-state index contributed by atoms with van der Waals surface area (Å²) in [5, 5.41) is 0. The zero-order valence-electron chi connectivity index (χ0n) is 17.3. The van der Waals surface area contributed by atoms with E-state index in [1.165, 1.54) is 23.5 Å². The molecule has 2 N–H and O–H groups in total. The van der Waals surface area contributed by atoms with Gasteiger partial charge in [-0.05, 0) is 42.3 Å². The molecule has 1 atom stereocenters. The average molecular weight is 434 g/mol. The van der Waals surface area contributed by atoms with Crippen LogP contribution in [0.1, 0.15) is 34.5 Å². The van der Waals surface area contributed by atoms with E-state index in [9.17, 15) is 13.2 Å². The zero-order valence-corrected chi connectivity index (χ0v) is 18.1. The fourth-order valence-corrected chi connectivity index (χ4v) is 4.33. The summed E-state index contributed by atoms with van der Waals surface area (Å²) < 4.78 is 27.4.